The van der Waals surface area contributed by atoms with Gasteiger partial charge in [-0.3, -0.25) is 4.90 Å². The van der Waals surface area contributed by atoms with Crippen molar-refractivity contribution in [2.24, 2.45) is 4.99 Å². The zero-order valence-electron chi connectivity index (χ0n) is 6.50. The van der Waals surface area contributed by atoms with Crippen molar-refractivity contribution in [3.8, 4) is 0 Å². The van der Waals surface area contributed by atoms with Crippen LogP contribution in [0.4, 0.5) is 9.59 Å². The molecule has 1 unspecified atom stereocenters. The molecule has 4 amide bonds. The standard InChI is InChI=1S/C6H8N4O2/c1-2-10-4-3(8-6(10)12)7-5(11)9-4/h3H,2H2,1H3,(H,7,11)(H,8,12). The van der Waals surface area contributed by atoms with Crippen molar-refractivity contribution in [2.45, 2.75) is 13.1 Å². The molecule has 12 heavy (non-hydrogen) atoms. The van der Waals surface area contributed by atoms with Crippen molar-refractivity contribution in [1.82, 2.24) is 15.5 Å². The van der Waals surface area contributed by atoms with Gasteiger partial charge >= 0.3 is 12.1 Å². The summed E-state index contributed by atoms with van der Waals surface area (Å²) in [7, 11) is 0. The van der Waals surface area contributed by atoms with Crippen LogP contribution in [-0.4, -0.2) is 35.5 Å². The molecular weight excluding hydrogens is 160 g/mol. The third kappa shape index (κ3) is 0.775. The number of nitrogens with one attached hydrogen (secondary N) is 2. The first-order chi connectivity index (χ1) is 5.72. The number of nitrogens with zero attached hydrogens (tertiary/aromatic N) is 2. The Morgan fingerprint density at radius 1 is 1.50 bits per heavy atom. The average Bonchev–Trinajstić information content (AvgIpc) is 2.43. The summed E-state index contributed by atoms with van der Waals surface area (Å²) < 4.78 is 0. The zero-order valence-corrected chi connectivity index (χ0v) is 6.50. The second-order valence-electron chi connectivity index (χ2n) is 2.55. The lowest BCUT2D eigenvalue weighted by molar-refractivity contribution is 0.227. The first-order valence-electron chi connectivity index (χ1n) is 3.69. The van der Waals surface area contributed by atoms with Crippen LogP contribution < -0.4 is 10.6 Å². The normalized spacial score (nSPS) is 26.6. The molecule has 64 valence electrons. The minimum atomic E-state index is -0.412. The molecule has 0 radical (unpaired) electrons. The maximum Gasteiger partial charge on any atom is 0.344 e. The Morgan fingerprint density at radius 2 is 2.25 bits per heavy atom. The fourth-order valence-corrected chi connectivity index (χ4v) is 1.32. The minimum Gasteiger partial charge on any atom is -0.311 e. The fraction of sp³-hybridized carbons (Fsp3) is 0.500. The number of amides is 4. The summed E-state index contributed by atoms with van der Waals surface area (Å²) in [5.74, 6) is 0.479. The number of hydrogen-bond acceptors (Lipinski definition) is 2. The molecule has 0 spiro atoms. The van der Waals surface area contributed by atoms with Crippen LogP contribution in [-0.2, 0) is 0 Å². The van der Waals surface area contributed by atoms with Crippen molar-refractivity contribution in [3.63, 3.8) is 0 Å². The van der Waals surface area contributed by atoms with Crippen LogP contribution in [0.1, 0.15) is 6.92 Å². The Labute approximate surface area is 68.6 Å². The Bertz CT molecular complexity index is 285. The van der Waals surface area contributed by atoms with Crippen LogP contribution in [0, 0.1) is 0 Å². The van der Waals surface area contributed by atoms with Crippen molar-refractivity contribution < 1.29 is 9.59 Å². The Hall–Kier alpha value is -1.59. The lowest BCUT2D eigenvalue weighted by Gasteiger charge is -2.09. The molecule has 1 saturated heterocycles. The predicted octanol–water partition coefficient (Wildman–Crippen LogP) is -0.521. The lowest BCUT2D eigenvalue weighted by Crippen LogP contribution is -2.39. The monoisotopic (exact) mass is 168 g/mol. The van der Waals surface area contributed by atoms with Gasteiger partial charge in [-0.1, -0.05) is 0 Å². The average molecular weight is 168 g/mol. The molecule has 0 aromatic heterocycles. The minimum absolute atomic E-state index is 0.207. The predicted molar refractivity (Wildman–Crippen MR) is 40.7 cm³/mol. The van der Waals surface area contributed by atoms with Gasteiger partial charge in [0.05, 0.1) is 0 Å². The van der Waals surface area contributed by atoms with E-state index in [1.807, 2.05) is 6.92 Å². The summed E-state index contributed by atoms with van der Waals surface area (Å²) in [4.78, 5) is 27.0. The van der Waals surface area contributed by atoms with Gasteiger partial charge in [-0.15, -0.1) is 0 Å². The van der Waals surface area contributed by atoms with E-state index >= 15 is 0 Å². The third-order valence-corrected chi connectivity index (χ3v) is 1.85. The topological polar surface area (TPSA) is 73.8 Å². The Morgan fingerprint density at radius 3 is 2.92 bits per heavy atom. The molecule has 6 nitrogen and oxygen atoms in total. The molecule has 0 bridgehead atoms. The third-order valence-electron chi connectivity index (χ3n) is 1.85. The second kappa shape index (κ2) is 2.20. The van der Waals surface area contributed by atoms with Crippen molar-refractivity contribution in [2.75, 3.05) is 6.54 Å². The molecule has 2 aliphatic heterocycles. The van der Waals surface area contributed by atoms with Gasteiger partial charge in [0.2, 0.25) is 0 Å². The number of fused-ring (bicyclic) bond motifs is 1. The molecule has 2 N–H and O–H groups in total. The highest BCUT2D eigenvalue weighted by Crippen LogP contribution is 2.10. The number of urea groups is 2. The number of hydrogen-bond donors (Lipinski definition) is 2. The second-order valence-corrected chi connectivity index (χ2v) is 2.55. The van der Waals surface area contributed by atoms with Gasteiger partial charge in [-0.2, -0.15) is 4.99 Å². The summed E-state index contributed by atoms with van der Waals surface area (Å²) >= 11 is 0. The number of aliphatic imine (C=N–C) groups is 1. The first-order valence-corrected chi connectivity index (χ1v) is 3.69. The number of rotatable bonds is 1. The molecule has 1 atom stereocenters. The van der Waals surface area contributed by atoms with Crippen LogP contribution in [0.3, 0.4) is 0 Å². The van der Waals surface area contributed by atoms with E-state index in [-0.39, 0.29) is 6.03 Å². The molecule has 0 saturated carbocycles. The SMILES string of the molecule is CCN1C(=O)NC2NC(=O)N=C21. The number of likely N-dealkylation sites (N-methyl/N-ethyl adjacent to an activating group) is 1. The summed E-state index contributed by atoms with van der Waals surface area (Å²) in [6.07, 6.45) is -0.412. The van der Waals surface area contributed by atoms with E-state index in [9.17, 15) is 9.59 Å². The Kier molecular flexibility index (Phi) is 1.30. The van der Waals surface area contributed by atoms with Crippen LogP contribution in [0.2, 0.25) is 0 Å². The highest BCUT2D eigenvalue weighted by molar-refractivity contribution is 6.14. The largest absolute Gasteiger partial charge is 0.344 e. The fourth-order valence-electron chi connectivity index (χ4n) is 1.32. The van der Waals surface area contributed by atoms with Crippen LogP contribution >= 0.6 is 0 Å². The van der Waals surface area contributed by atoms with Gasteiger partial charge in [0, 0.05) is 6.54 Å². The van der Waals surface area contributed by atoms with Gasteiger partial charge < -0.3 is 10.6 Å². The van der Waals surface area contributed by atoms with Crippen molar-refractivity contribution in [3.05, 3.63) is 0 Å². The van der Waals surface area contributed by atoms with E-state index in [0.717, 1.165) is 0 Å². The molecular formula is C6H8N4O2. The van der Waals surface area contributed by atoms with Gasteiger partial charge in [-0.25, -0.2) is 9.59 Å². The zero-order chi connectivity index (χ0) is 8.72. The molecule has 0 aromatic rings. The summed E-state index contributed by atoms with van der Waals surface area (Å²) in [6.45, 7) is 2.35. The summed E-state index contributed by atoms with van der Waals surface area (Å²) in [5.41, 5.74) is 0. The van der Waals surface area contributed by atoms with E-state index in [4.69, 9.17) is 0 Å². The van der Waals surface area contributed by atoms with E-state index in [2.05, 4.69) is 15.6 Å². The molecule has 6 heteroatoms. The highest BCUT2D eigenvalue weighted by Gasteiger charge is 2.40. The van der Waals surface area contributed by atoms with Crippen LogP contribution in [0.25, 0.3) is 0 Å². The van der Waals surface area contributed by atoms with Gasteiger partial charge in [0.25, 0.3) is 0 Å². The summed E-state index contributed by atoms with van der Waals surface area (Å²) in [6, 6.07) is -0.602. The van der Waals surface area contributed by atoms with Gasteiger partial charge in [0.1, 0.15) is 0 Å². The highest BCUT2D eigenvalue weighted by atomic mass is 16.2. The molecule has 0 aliphatic carbocycles. The molecule has 2 aliphatic rings. The number of carbonyl (C=O) groups excluding carboxylic acids is 2. The van der Waals surface area contributed by atoms with Crippen molar-refractivity contribution in [1.29, 1.82) is 0 Å². The van der Waals surface area contributed by atoms with Crippen molar-refractivity contribution >= 4 is 17.9 Å². The van der Waals surface area contributed by atoms with E-state index in [1.165, 1.54) is 4.90 Å². The Balaban J connectivity index is 2.31. The molecule has 1 fully saturated rings. The summed E-state index contributed by atoms with van der Waals surface area (Å²) in [5, 5.41) is 5.07. The van der Waals surface area contributed by atoms with E-state index in [0.29, 0.717) is 12.4 Å². The van der Waals surface area contributed by atoms with Crippen LogP contribution in [0.5, 0.6) is 0 Å². The molecule has 0 aromatic carbocycles. The maximum atomic E-state index is 11.1. The van der Waals surface area contributed by atoms with E-state index < -0.39 is 12.2 Å². The molecule has 2 heterocycles. The lowest BCUT2D eigenvalue weighted by atomic mass is 10.4. The molecule has 2 rings (SSSR count). The number of carbonyl (C=O) groups is 2. The van der Waals surface area contributed by atoms with Gasteiger partial charge in [0.15, 0.2) is 12.0 Å². The smallest absolute Gasteiger partial charge is 0.311 e. The van der Waals surface area contributed by atoms with E-state index in [1.54, 1.807) is 0 Å². The maximum absolute atomic E-state index is 11.1. The first kappa shape index (κ1) is 7.08. The quantitative estimate of drug-likeness (QED) is 0.552. The number of amidine groups is 1. The van der Waals surface area contributed by atoms with Gasteiger partial charge in [-0.05, 0) is 6.92 Å². The van der Waals surface area contributed by atoms with Crippen LogP contribution in [0.15, 0.2) is 4.99 Å².